The van der Waals surface area contributed by atoms with Crippen LogP contribution in [0.25, 0.3) is 0 Å². The van der Waals surface area contributed by atoms with Crippen molar-refractivity contribution in [3.8, 4) is 0 Å². The van der Waals surface area contributed by atoms with Gasteiger partial charge < -0.3 is 18.9 Å². The van der Waals surface area contributed by atoms with Crippen LogP contribution < -0.4 is 5.32 Å². The van der Waals surface area contributed by atoms with Crippen molar-refractivity contribution in [2.75, 3.05) is 7.11 Å². The molecule has 0 radical (unpaired) electrons. The van der Waals surface area contributed by atoms with Gasteiger partial charge in [-0.15, -0.1) is 10.2 Å². The number of carbonyl (C=O) groups is 2. The van der Waals surface area contributed by atoms with E-state index in [1.165, 1.54) is 37.1 Å². The van der Waals surface area contributed by atoms with Crippen LogP contribution in [0.1, 0.15) is 32.6 Å². The van der Waals surface area contributed by atoms with Crippen molar-refractivity contribution in [1.29, 1.82) is 0 Å². The molecule has 0 spiro atoms. The first-order valence-corrected chi connectivity index (χ1v) is 9.18. The molecule has 28 heavy (non-hydrogen) atoms. The lowest BCUT2D eigenvalue weighted by Crippen LogP contribution is -2.24. The second kappa shape index (κ2) is 8.89. The van der Waals surface area contributed by atoms with Gasteiger partial charge in [0.15, 0.2) is 0 Å². The lowest BCUT2D eigenvalue weighted by atomic mass is 10.2. The first kappa shape index (κ1) is 19.9. The number of hydrogen-bond donors (Lipinski definition) is 1. The number of hydrogen-bond acceptors (Lipinski definition) is 8. The summed E-state index contributed by atoms with van der Waals surface area (Å²) in [6.45, 7) is -0.0930. The van der Waals surface area contributed by atoms with Gasteiger partial charge in [-0.05, 0) is 24.3 Å². The van der Waals surface area contributed by atoms with E-state index in [2.05, 4.69) is 20.3 Å². The number of ether oxygens (including phenoxy) is 1. The Balaban J connectivity index is 1.53. The number of amides is 1. The van der Waals surface area contributed by atoms with Gasteiger partial charge in [-0.25, -0.2) is 9.18 Å². The third-order valence-electron chi connectivity index (χ3n) is 3.42. The van der Waals surface area contributed by atoms with Gasteiger partial charge >= 0.3 is 5.97 Å². The molecule has 0 aliphatic carbocycles. The fourth-order valence-corrected chi connectivity index (χ4v) is 3.05. The van der Waals surface area contributed by atoms with Crippen molar-refractivity contribution in [2.24, 2.45) is 0 Å². The lowest BCUT2D eigenvalue weighted by molar-refractivity contribution is 0.0563. The molecule has 146 valence electrons. The number of nitrogens with zero attached hydrogens (tertiary/aromatic N) is 2. The van der Waals surface area contributed by atoms with Crippen LogP contribution in [0.15, 0.2) is 44.4 Å². The molecule has 0 fully saturated rings. The molecule has 2 aromatic heterocycles. The van der Waals surface area contributed by atoms with Crippen molar-refractivity contribution in [3.63, 3.8) is 0 Å². The van der Waals surface area contributed by atoms with Gasteiger partial charge in [0, 0.05) is 0 Å². The van der Waals surface area contributed by atoms with Crippen LogP contribution >= 0.6 is 23.4 Å². The van der Waals surface area contributed by atoms with E-state index in [1.54, 1.807) is 6.07 Å². The van der Waals surface area contributed by atoms with Crippen LogP contribution in [0.2, 0.25) is 5.02 Å². The van der Waals surface area contributed by atoms with Crippen LogP contribution in [-0.2, 0) is 17.0 Å². The average molecular weight is 426 g/mol. The zero-order chi connectivity index (χ0) is 20.1. The maximum atomic E-state index is 13.7. The van der Waals surface area contributed by atoms with E-state index in [0.29, 0.717) is 11.5 Å². The summed E-state index contributed by atoms with van der Waals surface area (Å²) < 4.78 is 29.0. The van der Waals surface area contributed by atoms with E-state index in [9.17, 15) is 14.0 Å². The molecule has 0 aliphatic heterocycles. The van der Waals surface area contributed by atoms with E-state index in [0.717, 1.165) is 6.07 Å². The van der Waals surface area contributed by atoms with Crippen molar-refractivity contribution >= 4 is 35.2 Å². The highest BCUT2D eigenvalue weighted by Crippen LogP contribution is 2.23. The molecule has 0 saturated carbocycles. The molecule has 0 unspecified atom stereocenters. The molecular weight excluding hydrogens is 413 g/mol. The molecule has 0 bridgehead atoms. The van der Waals surface area contributed by atoms with Gasteiger partial charge in [-0.1, -0.05) is 29.4 Å². The molecule has 0 atom stereocenters. The van der Waals surface area contributed by atoms with Crippen LogP contribution in [-0.4, -0.2) is 29.2 Å². The predicted molar refractivity (Wildman–Crippen MR) is 96.5 cm³/mol. The minimum Gasteiger partial charge on any atom is -0.463 e. The van der Waals surface area contributed by atoms with Gasteiger partial charge in [0.05, 0.1) is 30.0 Å². The summed E-state index contributed by atoms with van der Waals surface area (Å²) in [6, 6.07) is 7.10. The second-order valence-electron chi connectivity index (χ2n) is 5.29. The van der Waals surface area contributed by atoms with Crippen LogP contribution in [0.4, 0.5) is 4.39 Å². The van der Waals surface area contributed by atoms with Crippen molar-refractivity contribution < 1.29 is 27.6 Å². The van der Waals surface area contributed by atoms with Gasteiger partial charge in [0.25, 0.3) is 11.1 Å². The van der Waals surface area contributed by atoms with Gasteiger partial charge in [-0.3, -0.25) is 4.79 Å². The van der Waals surface area contributed by atoms with Crippen LogP contribution in [0, 0.1) is 5.82 Å². The number of esters is 1. The Bertz CT molecular complexity index is 986. The minimum atomic E-state index is -0.725. The molecule has 11 heteroatoms. The highest BCUT2D eigenvalue weighted by Gasteiger charge is 2.17. The first-order chi connectivity index (χ1) is 13.5. The summed E-state index contributed by atoms with van der Waals surface area (Å²) in [6.07, 6.45) is 0. The Hall–Kier alpha value is -2.85. The number of carbonyl (C=O) groups excluding carboxylic acids is 2. The number of thioether (sulfide) groups is 1. The Labute approximate surface area is 167 Å². The average Bonchev–Trinajstić information content (AvgIpc) is 3.33. The summed E-state index contributed by atoms with van der Waals surface area (Å²) >= 11 is 7.03. The normalized spacial score (nSPS) is 10.7. The Kier molecular flexibility index (Phi) is 6.32. The zero-order valence-electron chi connectivity index (χ0n) is 14.4. The number of halogens is 2. The number of benzene rings is 1. The Morgan fingerprint density at radius 3 is 2.82 bits per heavy atom. The standard InChI is InChI=1S/C17H13ClFN3O5S/c1-25-16(24)12-6-5-9(26-12)8-28-17-22-21-13(27-17)7-20-15(23)14-10(18)3-2-4-11(14)19/h2-6H,7-8H2,1H3,(H,20,23). The zero-order valence-corrected chi connectivity index (χ0v) is 16.0. The molecular formula is C17H13ClFN3O5S. The molecule has 3 rings (SSSR count). The summed E-state index contributed by atoms with van der Waals surface area (Å²) in [5.41, 5.74) is -0.252. The van der Waals surface area contributed by atoms with Crippen LogP contribution in [0.3, 0.4) is 0 Å². The molecule has 0 saturated heterocycles. The highest BCUT2D eigenvalue weighted by atomic mass is 35.5. The number of methoxy groups -OCH3 is 1. The molecule has 2 heterocycles. The summed E-state index contributed by atoms with van der Waals surface area (Å²) in [5, 5.41) is 10.3. The van der Waals surface area contributed by atoms with E-state index in [-0.39, 0.29) is 34.0 Å². The van der Waals surface area contributed by atoms with Gasteiger partial charge in [0.2, 0.25) is 11.7 Å². The van der Waals surface area contributed by atoms with Crippen molar-refractivity contribution in [1.82, 2.24) is 15.5 Å². The van der Waals surface area contributed by atoms with Gasteiger partial charge in [-0.2, -0.15) is 0 Å². The number of nitrogens with one attached hydrogen (secondary N) is 1. The SMILES string of the molecule is COC(=O)c1ccc(CSc2nnc(CNC(=O)c3c(F)cccc3Cl)o2)o1. The summed E-state index contributed by atoms with van der Waals surface area (Å²) in [4.78, 5) is 23.4. The number of rotatable bonds is 7. The second-order valence-corrected chi connectivity index (χ2v) is 6.62. The van der Waals surface area contributed by atoms with E-state index < -0.39 is 17.7 Å². The third-order valence-corrected chi connectivity index (χ3v) is 4.58. The van der Waals surface area contributed by atoms with E-state index >= 15 is 0 Å². The topological polar surface area (TPSA) is 107 Å². The quantitative estimate of drug-likeness (QED) is 0.453. The lowest BCUT2D eigenvalue weighted by Gasteiger charge is -2.05. The molecule has 1 amide bonds. The molecule has 1 N–H and O–H groups in total. The highest BCUT2D eigenvalue weighted by molar-refractivity contribution is 7.98. The molecule has 0 aliphatic rings. The van der Waals surface area contributed by atoms with Crippen molar-refractivity contribution in [3.05, 3.63) is 64.1 Å². The molecule has 1 aromatic carbocycles. The van der Waals surface area contributed by atoms with E-state index in [1.807, 2.05) is 0 Å². The summed E-state index contributed by atoms with van der Waals surface area (Å²) in [7, 11) is 1.26. The predicted octanol–water partition coefficient (Wildman–Crippen LogP) is 3.46. The third kappa shape index (κ3) is 4.70. The fraction of sp³-hybridized carbons (Fsp3) is 0.176. The summed E-state index contributed by atoms with van der Waals surface area (Å²) in [5.74, 6) is -0.889. The largest absolute Gasteiger partial charge is 0.463 e. The monoisotopic (exact) mass is 425 g/mol. The minimum absolute atomic E-state index is 0.00375. The van der Waals surface area contributed by atoms with Crippen molar-refractivity contribution in [2.45, 2.75) is 17.5 Å². The Morgan fingerprint density at radius 2 is 2.07 bits per heavy atom. The number of furan rings is 1. The van der Waals surface area contributed by atoms with Gasteiger partial charge in [0.1, 0.15) is 11.6 Å². The maximum absolute atomic E-state index is 13.7. The smallest absolute Gasteiger partial charge is 0.373 e. The molecule has 3 aromatic rings. The Morgan fingerprint density at radius 1 is 1.25 bits per heavy atom. The first-order valence-electron chi connectivity index (χ1n) is 7.82. The van der Waals surface area contributed by atoms with E-state index in [4.69, 9.17) is 20.4 Å². The number of aromatic nitrogens is 2. The van der Waals surface area contributed by atoms with Crippen LogP contribution in [0.5, 0.6) is 0 Å². The molecule has 8 nitrogen and oxygen atoms in total. The maximum Gasteiger partial charge on any atom is 0.373 e. The fourth-order valence-electron chi connectivity index (χ4n) is 2.13.